The van der Waals surface area contributed by atoms with Crippen molar-refractivity contribution in [3.8, 4) is 5.75 Å². The molecule has 0 heterocycles. The van der Waals surface area contributed by atoms with E-state index in [1.807, 2.05) is 12.1 Å². The van der Waals surface area contributed by atoms with Gasteiger partial charge in [0.1, 0.15) is 12.4 Å². The van der Waals surface area contributed by atoms with Crippen LogP contribution < -0.4 is 4.74 Å². The lowest BCUT2D eigenvalue weighted by atomic mass is 9.82. The smallest absolute Gasteiger partial charge is 0.157 e. The molecule has 0 spiro atoms. The Morgan fingerprint density at radius 2 is 1.87 bits per heavy atom. The lowest BCUT2D eigenvalue weighted by molar-refractivity contribution is -0.109. The third-order valence-corrected chi connectivity index (χ3v) is 2.84. The quantitative estimate of drug-likeness (QED) is 0.692. The zero-order chi connectivity index (χ0) is 11.3. The van der Waals surface area contributed by atoms with E-state index in [9.17, 15) is 4.79 Å². The molecule has 0 atom stereocenters. The van der Waals surface area contributed by atoms with Gasteiger partial charge >= 0.3 is 0 Å². The molecule has 2 nitrogen and oxygen atoms in total. The van der Waals surface area contributed by atoms with Crippen molar-refractivity contribution in [3.05, 3.63) is 29.8 Å². The molecule has 0 saturated carbocycles. The Morgan fingerprint density at radius 3 is 2.33 bits per heavy atom. The second-order valence-electron chi connectivity index (χ2n) is 4.24. The van der Waals surface area contributed by atoms with Gasteiger partial charge < -0.3 is 4.74 Å². The van der Waals surface area contributed by atoms with Gasteiger partial charge in [-0.3, -0.25) is 4.79 Å². The van der Waals surface area contributed by atoms with E-state index in [1.165, 1.54) is 5.56 Å². The average Bonchev–Trinajstić information content (AvgIpc) is 2.27. The summed E-state index contributed by atoms with van der Waals surface area (Å²) in [6.07, 6.45) is 1.85. The van der Waals surface area contributed by atoms with E-state index in [1.54, 1.807) is 0 Å². The van der Waals surface area contributed by atoms with E-state index in [-0.39, 0.29) is 12.0 Å². The van der Waals surface area contributed by atoms with Gasteiger partial charge in [-0.2, -0.15) is 0 Å². The summed E-state index contributed by atoms with van der Waals surface area (Å²) in [5.41, 5.74) is 1.49. The van der Waals surface area contributed by atoms with Gasteiger partial charge in [0.15, 0.2) is 6.29 Å². The predicted molar refractivity (Wildman–Crippen MR) is 61.3 cm³/mol. The summed E-state index contributed by atoms with van der Waals surface area (Å²) in [4.78, 5) is 10.1. The van der Waals surface area contributed by atoms with Gasteiger partial charge in [-0.25, -0.2) is 0 Å². The van der Waals surface area contributed by atoms with Crippen LogP contribution in [0.15, 0.2) is 24.3 Å². The first-order valence-corrected chi connectivity index (χ1v) is 5.27. The Labute approximate surface area is 91.3 Å². The summed E-state index contributed by atoms with van der Waals surface area (Å²) in [6.45, 7) is 6.73. The number of hydrogen-bond donors (Lipinski definition) is 0. The molecule has 0 unspecified atom stereocenters. The molecule has 0 aliphatic carbocycles. The summed E-state index contributed by atoms with van der Waals surface area (Å²) in [7, 11) is 0. The zero-order valence-corrected chi connectivity index (χ0v) is 9.62. The molecular weight excluding hydrogens is 188 g/mol. The third kappa shape index (κ3) is 3.08. The molecule has 0 aliphatic heterocycles. The standard InChI is InChI=1S/C13H18O2/c1-4-13(2,3)11-5-7-12(8-6-11)15-10-9-14/h5-9H,4,10H2,1-3H3. The van der Waals surface area contributed by atoms with Crippen molar-refractivity contribution in [2.75, 3.05) is 6.61 Å². The van der Waals surface area contributed by atoms with Crippen LogP contribution >= 0.6 is 0 Å². The van der Waals surface area contributed by atoms with Crippen LogP contribution in [-0.2, 0) is 10.2 Å². The van der Waals surface area contributed by atoms with Crippen LogP contribution in [0.1, 0.15) is 32.8 Å². The van der Waals surface area contributed by atoms with Crippen molar-refractivity contribution in [2.45, 2.75) is 32.6 Å². The second-order valence-corrected chi connectivity index (χ2v) is 4.24. The first kappa shape index (κ1) is 11.8. The minimum absolute atomic E-state index is 0.122. The van der Waals surface area contributed by atoms with Crippen LogP contribution in [0.2, 0.25) is 0 Å². The van der Waals surface area contributed by atoms with Gasteiger partial charge in [0.05, 0.1) is 0 Å². The van der Waals surface area contributed by atoms with Gasteiger partial charge in [-0.05, 0) is 29.5 Å². The minimum Gasteiger partial charge on any atom is -0.486 e. The summed E-state index contributed by atoms with van der Waals surface area (Å²) in [6, 6.07) is 7.94. The number of benzene rings is 1. The molecule has 0 aromatic heterocycles. The highest BCUT2D eigenvalue weighted by Gasteiger charge is 2.17. The van der Waals surface area contributed by atoms with Gasteiger partial charge in [0, 0.05) is 0 Å². The molecule has 82 valence electrons. The van der Waals surface area contributed by atoms with Gasteiger partial charge in [-0.15, -0.1) is 0 Å². The van der Waals surface area contributed by atoms with Crippen molar-refractivity contribution in [1.29, 1.82) is 0 Å². The zero-order valence-electron chi connectivity index (χ0n) is 9.62. The maximum atomic E-state index is 10.1. The lowest BCUT2D eigenvalue weighted by Crippen LogP contribution is -2.15. The fourth-order valence-corrected chi connectivity index (χ4v) is 1.34. The molecular formula is C13H18O2. The van der Waals surface area contributed by atoms with Crippen molar-refractivity contribution in [1.82, 2.24) is 0 Å². The SMILES string of the molecule is CCC(C)(C)c1ccc(OCC=O)cc1. The van der Waals surface area contributed by atoms with E-state index in [2.05, 4.69) is 32.9 Å². The molecule has 0 bridgehead atoms. The van der Waals surface area contributed by atoms with Crippen molar-refractivity contribution in [2.24, 2.45) is 0 Å². The highest BCUT2D eigenvalue weighted by molar-refractivity contribution is 5.51. The topological polar surface area (TPSA) is 26.3 Å². The largest absolute Gasteiger partial charge is 0.486 e. The Bertz CT molecular complexity index is 312. The predicted octanol–water partition coefficient (Wildman–Crippen LogP) is 2.95. The number of hydrogen-bond acceptors (Lipinski definition) is 2. The van der Waals surface area contributed by atoms with E-state index >= 15 is 0 Å². The molecule has 0 aliphatic rings. The van der Waals surface area contributed by atoms with Gasteiger partial charge in [0.2, 0.25) is 0 Å². The number of rotatable bonds is 5. The summed E-state index contributed by atoms with van der Waals surface area (Å²) in [5.74, 6) is 0.748. The van der Waals surface area contributed by atoms with Gasteiger partial charge in [0.25, 0.3) is 0 Å². The molecule has 2 heteroatoms. The third-order valence-electron chi connectivity index (χ3n) is 2.84. The number of carbonyl (C=O) groups excluding carboxylic acids is 1. The summed E-state index contributed by atoms with van der Waals surface area (Å²) >= 11 is 0. The average molecular weight is 206 g/mol. The Hall–Kier alpha value is -1.31. The fraction of sp³-hybridized carbons (Fsp3) is 0.462. The number of aldehydes is 1. The van der Waals surface area contributed by atoms with E-state index < -0.39 is 0 Å². The van der Waals surface area contributed by atoms with Crippen LogP contribution in [0.4, 0.5) is 0 Å². The van der Waals surface area contributed by atoms with E-state index in [0.717, 1.165) is 18.5 Å². The highest BCUT2D eigenvalue weighted by atomic mass is 16.5. The first-order chi connectivity index (χ1) is 7.10. The van der Waals surface area contributed by atoms with Crippen LogP contribution in [0.25, 0.3) is 0 Å². The van der Waals surface area contributed by atoms with Gasteiger partial charge in [-0.1, -0.05) is 32.9 Å². The number of carbonyl (C=O) groups is 1. The molecule has 15 heavy (non-hydrogen) atoms. The highest BCUT2D eigenvalue weighted by Crippen LogP contribution is 2.27. The molecule has 0 N–H and O–H groups in total. The second kappa shape index (κ2) is 4.96. The molecule has 0 amide bonds. The maximum absolute atomic E-state index is 10.1. The number of ether oxygens (including phenoxy) is 1. The normalized spacial score (nSPS) is 11.1. The Kier molecular flexibility index (Phi) is 3.89. The molecule has 0 fully saturated rings. The monoisotopic (exact) mass is 206 g/mol. The van der Waals surface area contributed by atoms with Crippen molar-refractivity contribution < 1.29 is 9.53 Å². The molecule has 1 aromatic rings. The van der Waals surface area contributed by atoms with Crippen molar-refractivity contribution >= 4 is 6.29 Å². The van der Waals surface area contributed by atoms with E-state index in [4.69, 9.17) is 4.74 Å². The van der Waals surface area contributed by atoms with E-state index in [0.29, 0.717) is 0 Å². The molecule has 0 radical (unpaired) electrons. The van der Waals surface area contributed by atoms with Crippen LogP contribution in [0, 0.1) is 0 Å². The van der Waals surface area contributed by atoms with Crippen LogP contribution in [0.5, 0.6) is 5.75 Å². The maximum Gasteiger partial charge on any atom is 0.157 e. The van der Waals surface area contributed by atoms with Crippen LogP contribution in [0.3, 0.4) is 0 Å². The Balaban J connectivity index is 2.76. The first-order valence-electron chi connectivity index (χ1n) is 5.27. The summed E-state index contributed by atoms with van der Waals surface area (Å²) < 4.78 is 5.19. The van der Waals surface area contributed by atoms with Crippen molar-refractivity contribution in [3.63, 3.8) is 0 Å². The summed E-state index contributed by atoms with van der Waals surface area (Å²) in [5, 5.41) is 0. The molecule has 1 aromatic carbocycles. The fourth-order valence-electron chi connectivity index (χ4n) is 1.34. The minimum atomic E-state index is 0.122. The Morgan fingerprint density at radius 1 is 1.27 bits per heavy atom. The molecule has 1 rings (SSSR count). The van der Waals surface area contributed by atoms with Crippen LogP contribution in [-0.4, -0.2) is 12.9 Å². The lowest BCUT2D eigenvalue weighted by Gasteiger charge is -2.23. The molecule has 0 saturated heterocycles.